The quantitative estimate of drug-likeness (QED) is 0.566. The zero-order valence-corrected chi connectivity index (χ0v) is 17.3. The lowest BCUT2D eigenvalue weighted by molar-refractivity contribution is 0.0955. The number of fused-ring (bicyclic) bond motifs is 1. The smallest absolute Gasteiger partial charge is 0.259 e. The van der Waals surface area contributed by atoms with Crippen molar-refractivity contribution in [3.63, 3.8) is 0 Å². The lowest BCUT2D eigenvalue weighted by Crippen LogP contribution is -2.30. The highest BCUT2D eigenvalue weighted by molar-refractivity contribution is 6.14. The Kier molecular flexibility index (Phi) is 7.30. The molecule has 8 nitrogen and oxygen atoms in total. The highest BCUT2D eigenvalue weighted by Crippen LogP contribution is 2.28. The minimum atomic E-state index is -0.361. The molecule has 3 aromatic rings. The second kappa shape index (κ2) is 9.49. The Morgan fingerprint density at radius 2 is 1.90 bits per heavy atom. The van der Waals surface area contributed by atoms with Crippen LogP contribution in [0, 0.1) is 6.92 Å². The van der Waals surface area contributed by atoms with E-state index in [1.165, 1.54) is 0 Å². The number of benzene rings is 1. The highest BCUT2D eigenvalue weighted by atomic mass is 35.5. The topological polar surface area (TPSA) is 123 Å². The Morgan fingerprint density at radius 1 is 1.17 bits per heavy atom. The SMILES string of the molecule is Cc1cc(C(=O)Nc2ccccc2C(=O)NCCN)c2c(C(C)C)noc2n1.Cl. The number of aromatic nitrogens is 2. The fourth-order valence-electron chi connectivity index (χ4n) is 2.93. The van der Waals surface area contributed by atoms with E-state index in [9.17, 15) is 9.59 Å². The van der Waals surface area contributed by atoms with Gasteiger partial charge >= 0.3 is 0 Å². The maximum absolute atomic E-state index is 13.1. The number of nitrogens with one attached hydrogen (secondary N) is 2. The van der Waals surface area contributed by atoms with Crippen molar-refractivity contribution in [1.29, 1.82) is 0 Å². The maximum atomic E-state index is 13.1. The molecule has 1 aromatic carbocycles. The number of carbonyl (C=O) groups is 2. The Hall–Kier alpha value is -2.97. The molecule has 154 valence electrons. The Labute approximate surface area is 174 Å². The number of aryl methyl sites for hydroxylation is 1. The number of anilines is 1. The molecule has 0 saturated carbocycles. The number of pyridine rings is 1. The Bertz CT molecular complexity index is 1030. The van der Waals surface area contributed by atoms with E-state index in [-0.39, 0.29) is 30.1 Å². The highest BCUT2D eigenvalue weighted by Gasteiger charge is 2.22. The second-order valence-corrected chi connectivity index (χ2v) is 6.76. The number of nitrogens with zero attached hydrogens (tertiary/aromatic N) is 2. The van der Waals surface area contributed by atoms with Gasteiger partial charge in [-0.15, -0.1) is 12.4 Å². The first-order valence-electron chi connectivity index (χ1n) is 9.08. The van der Waals surface area contributed by atoms with Crippen molar-refractivity contribution in [3.05, 3.63) is 52.8 Å². The summed E-state index contributed by atoms with van der Waals surface area (Å²) in [6.45, 7) is 6.40. The van der Waals surface area contributed by atoms with E-state index in [1.807, 2.05) is 13.8 Å². The largest absolute Gasteiger partial charge is 0.351 e. The van der Waals surface area contributed by atoms with Gasteiger partial charge in [0.25, 0.3) is 17.5 Å². The maximum Gasteiger partial charge on any atom is 0.259 e. The summed E-state index contributed by atoms with van der Waals surface area (Å²) in [6, 6.07) is 8.50. The number of hydrogen-bond donors (Lipinski definition) is 3. The van der Waals surface area contributed by atoms with E-state index in [2.05, 4.69) is 20.8 Å². The van der Waals surface area contributed by atoms with Crippen LogP contribution in [0.25, 0.3) is 11.1 Å². The van der Waals surface area contributed by atoms with Crippen LogP contribution >= 0.6 is 12.4 Å². The van der Waals surface area contributed by atoms with Crippen molar-refractivity contribution < 1.29 is 14.1 Å². The van der Waals surface area contributed by atoms with E-state index in [0.29, 0.717) is 52.4 Å². The lowest BCUT2D eigenvalue weighted by Gasteiger charge is -2.12. The summed E-state index contributed by atoms with van der Waals surface area (Å²) in [5.74, 6) is -0.600. The van der Waals surface area contributed by atoms with Gasteiger partial charge in [0.1, 0.15) is 0 Å². The number of rotatable bonds is 6. The third kappa shape index (κ3) is 4.72. The first-order valence-corrected chi connectivity index (χ1v) is 9.08. The van der Waals surface area contributed by atoms with Crippen molar-refractivity contribution in [1.82, 2.24) is 15.5 Å². The van der Waals surface area contributed by atoms with Crippen LogP contribution in [0.15, 0.2) is 34.9 Å². The van der Waals surface area contributed by atoms with E-state index in [1.54, 1.807) is 37.3 Å². The molecular formula is C20H24ClN5O3. The fraction of sp³-hybridized carbons (Fsp3) is 0.300. The molecular weight excluding hydrogens is 394 g/mol. The molecule has 0 unspecified atom stereocenters. The molecule has 3 rings (SSSR count). The monoisotopic (exact) mass is 417 g/mol. The molecule has 0 aliphatic carbocycles. The second-order valence-electron chi connectivity index (χ2n) is 6.76. The Morgan fingerprint density at radius 3 is 2.59 bits per heavy atom. The molecule has 0 radical (unpaired) electrons. The normalized spacial score (nSPS) is 10.7. The number of carbonyl (C=O) groups excluding carboxylic acids is 2. The van der Waals surface area contributed by atoms with Gasteiger partial charge in [0, 0.05) is 18.8 Å². The van der Waals surface area contributed by atoms with Gasteiger partial charge in [0.15, 0.2) is 0 Å². The van der Waals surface area contributed by atoms with Crippen LogP contribution in [0.2, 0.25) is 0 Å². The average molecular weight is 418 g/mol. The van der Waals surface area contributed by atoms with Gasteiger partial charge in [-0.05, 0) is 31.0 Å². The predicted molar refractivity (Wildman–Crippen MR) is 114 cm³/mol. The van der Waals surface area contributed by atoms with Gasteiger partial charge < -0.3 is 20.9 Å². The first-order chi connectivity index (χ1) is 13.4. The minimum absolute atomic E-state index is 0. The third-order valence-corrected chi connectivity index (χ3v) is 4.24. The number of halogens is 1. The average Bonchev–Trinajstić information content (AvgIpc) is 3.09. The van der Waals surface area contributed by atoms with Crippen LogP contribution < -0.4 is 16.4 Å². The van der Waals surface area contributed by atoms with Crippen molar-refractivity contribution in [2.24, 2.45) is 5.73 Å². The van der Waals surface area contributed by atoms with E-state index in [0.717, 1.165) is 0 Å². The van der Waals surface area contributed by atoms with Gasteiger partial charge in [-0.1, -0.05) is 31.1 Å². The minimum Gasteiger partial charge on any atom is -0.351 e. The molecule has 29 heavy (non-hydrogen) atoms. The van der Waals surface area contributed by atoms with Crippen LogP contribution in [0.3, 0.4) is 0 Å². The van der Waals surface area contributed by atoms with Gasteiger partial charge in [-0.25, -0.2) is 4.98 Å². The lowest BCUT2D eigenvalue weighted by atomic mass is 10.0. The Balaban J connectivity index is 0.00000300. The van der Waals surface area contributed by atoms with Gasteiger partial charge in [0.05, 0.1) is 27.9 Å². The molecule has 9 heteroatoms. The van der Waals surface area contributed by atoms with Crippen LogP contribution in [0.5, 0.6) is 0 Å². The van der Waals surface area contributed by atoms with Crippen LogP contribution in [-0.4, -0.2) is 35.0 Å². The van der Waals surface area contributed by atoms with Crippen molar-refractivity contribution >= 4 is 41.0 Å². The van der Waals surface area contributed by atoms with Crippen molar-refractivity contribution in [2.75, 3.05) is 18.4 Å². The van der Waals surface area contributed by atoms with Gasteiger partial charge in [-0.2, -0.15) is 0 Å². The predicted octanol–water partition coefficient (Wildman–Crippen LogP) is 3.02. The molecule has 2 heterocycles. The summed E-state index contributed by atoms with van der Waals surface area (Å²) in [6.07, 6.45) is 0. The molecule has 4 N–H and O–H groups in total. The molecule has 0 aliphatic rings. The number of hydrogen-bond acceptors (Lipinski definition) is 6. The van der Waals surface area contributed by atoms with E-state index in [4.69, 9.17) is 10.3 Å². The molecule has 2 amide bonds. The molecule has 0 aliphatic heterocycles. The standard InChI is InChI=1S/C20H23N5O3.ClH/c1-11(2)17-16-14(10-12(3)23-20(16)28-25-17)19(27)24-15-7-5-4-6-13(15)18(26)22-9-8-21;/h4-7,10-11H,8-9,21H2,1-3H3,(H,22,26)(H,24,27);1H. The molecule has 0 spiro atoms. The van der Waals surface area contributed by atoms with Crippen molar-refractivity contribution in [3.8, 4) is 0 Å². The van der Waals surface area contributed by atoms with Crippen LogP contribution in [0.1, 0.15) is 51.9 Å². The summed E-state index contributed by atoms with van der Waals surface area (Å²) in [4.78, 5) is 29.8. The number of amides is 2. The zero-order valence-electron chi connectivity index (χ0n) is 16.5. The van der Waals surface area contributed by atoms with Crippen LogP contribution in [-0.2, 0) is 0 Å². The summed E-state index contributed by atoms with van der Waals surface area (Å²) in [5, 5.41) is 10.2. The first kappa shape index (κ1) is 22.3. The summed E-state index contributed by atoms with van der Waals surface area (Å²) < 4.78 is 5.32. The summed E-state index contributed by atoms with van der Waals surface area (Å²) >= 11 is 0. The number of para-hydroxylation sites is 1. The van der Waals surface area contributed by atoms with E-state index >= 15 is 0 Å². The van der Waals surface area contributed by atoms with Crippen molar-refractivity contribution in [2.45, 2.75) is 26.7 Å². The zero-order chi connectivity index (χ0) is 20.3. The summed E-state index contributed by atoms with van der Waals surface area (Å²) in [7, 11) is 0. The summed E-state index contributed by atoms with van der Waals surface area (Å²) in [5.41, 5.74) is 8.25. The molecule has 0 saturated heterocycles. The fourth-order valence-corrected chi connectivity index (χ4v) is 2.93. The van der Waals surface area contributed by atoms with Gasteiger partial charge in [0.2, 0.25) is 0 Å². The number of nitrogens with two attached hydrogens (primary N) is 1. The van der Waals surface area contributed by atoms with Crippen LogP contribution in [0.4, 0.5) is 5.69 Å². The van der Waals surface area contributed by atoms with Gasteiger partial charge in [-0.3, -0.25) is 9.59 Å². The third-order valence-electron chi connectivity index (χ3n) is 4.24. The molecule has 0 bridgehead atoms. The molecule has 0 fully saturated rings. The molecule has 0 atom stereocenters. The van der Waals surface area contributed by atoms with E-state index < -0.39 is 0 Å². The molecule has 2 aromatic heterocycles.